The van der Waals surface area contributed by atoms with Crippen LogP contribution in [0.5, 0.6) is 5.88 Å². The number of rotatable bonds is 4. The maximum absolute atomic E-state index is 5.73. The molecule has 18 heavy (non-hydrogen) atoms. The first-order valence-corrected chi connectivity index (χ1v) is 6.53. The molecule has 0 aromatic carbocycles. The average Bonchev–Trinajstić information content (AvgIpc) is 2.65. The van der Waals surface area contributed by atoms with E-state index in [2.05, 4.69) is 28.7 Å². The second kappa shape index (κ2) is 4.70. The lowest BCUT2D eigenvalue weighted by Crippen LogP contribution is -2.43. The molecule has 6 heteroatoms. The van der Waals surface area contributed by atoms with Crippen molar-refractivity contribution in [2.24, 2.45) is 0 Å². The fraction of sp³-hybridized carbons (Fsp3) is 0.500. The molecule has 5 nitrogen and oxygen atoms in total. The number of nitrogens with zero attached hydrogens (tertiary/aromatic N) is 3. The van der Waals surface area contributed by atoms with Crippen molar-refractivity contribution in [3.8, 4) is 5.88 Å². The van der Waals surface area contributed by atoms with E-state index in [1.807, 2.05) is 26.2 Å². The number of hydrogen-bond acceptors (Lipinski definition) is 6. The van der Waals surface area contributed by atoms with Crippen molar-refractivity contribution in [2.45, 2.75) is 19.4 Å². The van der Waals surface area contributed by atoms with Gasteiger partial charge < -0.3 is 15.4 Å². The molecule has 0 aliphatic heterocycles. The molecule has 98 valence electrons. The molecule has 0 aliphatic carbocycles. The van der Waals surface area contributed by atoms with Crippen molar-refractivity contribution in [2.75, 3.05) is 26.4 Å². The summed E-state index contributed by atoms with van der Waals surface area (Å²) in [6, 6.07) is 3.71. The molecule has 0 radical (unpaired) electrons. The first-order chi connectivity index (χ1) is 8.38. The van der Waals surface area contributed by atoms with Crippen LogP contribution in [0.15, 0.2) is 12.1 Å². The third kappa shape index (κ3) is 2.70. The number of likely N-dealkylation sites (N-methyl/N-ethyl adjacent to an activating group) is 1. The highest BCUT2D eigenvalue weighted by Gasteiger charge is 2.21. The van der Waals surface area contributed by atoms with Crippen LogP contribution >= 0.6 is 11.3 Å². The first kappa shape index (κ1) is 13.0. The Morgan fingerprint density at radius 3 is 2.72 bits per heavy atom. The Labute approximate surface area is 111 Å². The minimum Gasteiger partial charge on any atom is -0.476 e. The van der Waals surface area contributed by atoms with Crippen LogP contribution in [0.4, 0.5) is 5.13 Å². The summed E-state index contributed by atoms with van der Waals surface area (Å²) in [7, 11) is 4.06. The van der Waals surface area contributed by atoms with Crippen LogP contribution in [0.1, 0.15) is 13.8 Å². The predicted octanol–water partition coefficient (Wildman–Crippen LogP) is 1.99. The molecule has 0 bridgehead atoms. The smallest absolute Gasteiger partial charge is 0.214 e. The first-order valence-electron chi connectivity index (χ1n) is 5.72. The van der Waals surface area contributed by atoms with Crippen LogP contribution < -0.4 is 10.5 Å². The summed E-state index contributed by atoms with van der Waals surface area (Å²) in [6.07, 6.45) is 0. The zero-order chi connectivity index (χ0) is 13.3. The van der Waals surface area contributed by atoms with Gasteiger partial charge in [-0.2, -0.15) is 0 Å². The van der Waals surface area contributed by atoms with Gasteiger partial charge in [0, 0.05) is 11.6 Å². The van der Waals surface area contributed by atoms with Gasteiger partial charge in [0.05, 0.1) is 0 Å². The highest BCUT2D eigenvalue weighted by molar-refractivity contribution is 7.21. The summed E-state index contributed by atoms with van der Waals surface area (Å²) in [4.78, 5) is 11.5. The largest absolute Gasteiger partial charge is 0.476 e. The van der Waals surface area contributed by atoms with Crippen LogP contribution in [-0.4, -0.2) is 41.1 Å². The number of ether oxygens (including phenoxy) is 1. The zero-order valence-corrected chi connectivity index (χ0v) is 11.9. The number of fused-ring (bicyclic) bond motifs is 1. The Balaban J connectivity index is 2.12. The second-order valence-corrected chi connectivity index (χ2v) is 6.03. The van der Waals surface area contributed by atoms with Gasteiger partial charge in [0.15, 0.2) is 5.13 Å². The lowest BCUT2D eigenvalue weighted by atomic mass is 10.1. The molecular weight excluding hydrogens is 248 g/mol. The van der Waals surface area contributed by atoms with E-state index >= 15 is 0 Å². The Kier molecular flexibility index (Phi) is 3.41. The van der Waals surface area contributed by atoms with Gasteiger partial charge >= 0.3 is 0 Å². The Morgan fingerprint density at radius 1 is 1.33 bits per heavy atom. The van der Waals surface area contributed by atoms with Crippen LogP contribution in [-0.2, 0) is 0 Å². The van der Waals surface area contributed by atoms with Gasteiger partial charge in [-0.25, -0.2) is 9.97 Å². The van der Waals surface area contributed by atoms with E-state index in [4.69, 9.17) is 10.5 Å². The predicted molar refractivity (Wildman–Crippen MR) is 75.1 cm³/mol. The van der Waals surface area contributed by atoms with Crippen molar-refractivity contribution < 1.29 is 4.74 Å². The Morgan fingerprint density at radius 2 is 2.06 bits per heavy atom. The van der Waals surface area contributed by atoms with E-state index in [9.17, 15) is 0 Å². The van der Waals surface area contributed by atoms with Crippen LogP contribution in [0.2, 0.25) is 0 Å². The van der Waals surface area contributed by atoms with E-state index < -0.39 is 0 Å². The summed E-state index contributed by atoms with van der Waals surface area (Å²) >= 11 is 1.37. The topological polar surface area (TPSA) is 64.3 Å². The molecular formula is C12H18N4OS. The SMILES string of the molecule is CN(C)C(C)(C)COc1ccc2nc(N)sc2n1. The summed E-state index contributed by atoms with van der Waals surface area (Å²) in [5, 5.41) is 0.531. The van der Waals surface area contributed by atoms with E-state index in [0.717, 1.165) is 10.3 Å². The van der Waals surface area contributed by atoms with Crippen LogP contribution in [0.25, 0.3) is 10.3 Å². The second-order valence-electron chi connectivity index (χ2n) is 5.02. The van der Waals surface area contributed by atoms with E-state index in [-0.39, 0.29) is 5.54 Å². The van der Waals surface area contributed by atoms with Crippen molar-refractivity contribution in [3.05, 3.63) is 12.1 Å². The number of pyridine rings is 1. The maximum atomic E-state index is 5.73. The van der Waals surface area contributed by atoms with Crippen molar-refractivity contribution >= 4 is 26.8 Å². The highest BCUT2D eigenvalue weighted by Crippen LogP contribution is 2.24. The molecule has 2 rings (SSSR count). The minimum atomic E-state index is -0.0383. The molecule has 0 saturated carbocycles. The Hall–Kier alpha value is -1.40. The van der Waals surface area contributed by atoms with Gasteiger partial charge in [-0.15, -0.1) is 0 Å². The Bertz CT molecular complexity index is 550. The number of anilines is 1. The third-order valence-corrected chi connectivity index (χ3v) is 3.82. The van der Waals surface area contributed by atoms with E-state index in [1.165, 1.54) is 11.3 Å². The molecule has 0 amide bonds. The third-order valence-electron chi connectivity index (χ3n) is 3.03. The molecule has 0 fully saturated rings. The molecule has 0 unspecified atom stereocenters. The normalized spacial score (nSPS) is 12.3. The van der Waals surface area contributed by atoms with Crippen molar-refractivity contribution in [3.63, 3.8) is 0 Å². The number of hydrogen-bond donors (Lipinski definition) is 1. The molecule has 2 N–H and O–H groups in total. The molecule has 0 spiro atoms. The number of aromatic nitrogens is 2. The standard InChI is InChI=1S/C12H18N4OS/c1-12(2,16(3)4)7-17-9-6-5-8-10(15-9)18-11(13)14-8/h5-6H,7H2,1-4H3,(H2,13,14). The minimum absolute atomic E-state index is 0.0383. The fourth-order valence-electron chi connectivity index (χ4n) is 1.28. The molecule has 2 aromatic rings. The number of thiazole rings is 1. The fourth-order valence-corrected chi connectivity index (χ4v) is 1.97. The summed E-state index contributed by atoms with van der Waals surface area (Å²) < 4.78 is 5.73. The number of nitrogens with two attached hydrogens (primary N) is 1. The lowest BCUT2D eigenvalue weighted by Gasteiger charge is -2.31. The van der Waals surface area contributed by atoms with E-state index in [0.29, 0.717) is 17.6 Å². The quantitative estimate of drug-likeness (QED) is 0.917. The highest BCUT2D eigenvalue weighted by atomic mass is 32.1. The monoisotopic (exact) mass is 266 g/mol. The lowest BCUT2D eigenvalue weighted by molar-refractivity contribution is 0.111. The van der Waals surface area contributed by atoms with Crippen molar-refractivity contribution in [1.29, 1.82) is 0 Å². The van der Waals surface area contributed by atoms with Gasteiger partial charge in [0.25, 0.3) is 0 Å². The van der Waals surface area contributed by atoms with Gasteiger partial charge in [-0.1, -0.05) is 11.3 Å². The van der Waals surface area contributed by atoms with Gasteiger partial charge in [0.1, 0.15) is 17.0 Å². The molecule has 0 saturated heterocycles. The maximum Gasteiger partial charge on any atom is 0.214 e. The summed E-state index contributed by atoms with van der Waals surface area (Å²) in [5.41, 5.74) is 6.42. The van der Waals surface area contributed by atoms with Gasteiger partial charge in [-0.3, -0.25) is 0 Å². The molecule has 2 heterocycles. The van der Waals surface area contributed by atoms with Crippen LogP contribution in [0, 0.1) is 0 Å². The number of nitrogen functional groups attached to an aromatic ring is 1. The van der Waals surface area contributed by atoms with Crippen LogP contribution in [0.3, 0.4) is 0 Å². The van der Waals surface area contributed by atoms with E-state index in [1.54, 1.807) is 0 Å². The van der Waals surface area contributed by atoms with Gasteiger partial charge in [0.2, 0.25) is 5.88 Å². The summed E-state index contributed by atoms with van der Waals surface area (Å²) in [6.45, 7) is 4.82. The average molecular weight is 266 g/mol. The molecule has 2 aromatic heterocycles. The zero-order valence-electron chi connectivity index (χ0n) is 11.1. The molecule has 0 atom stereocenters. The summed E-state index contributed by atoms with van der Waals surface area (Å²) in [5.74, 6) is 0.612. The molecule has 0 aliphatic rings. The van der Waals surface area contributed by atoms with Gasteiger partial charge in [-0.05, 0) is 34.0 Å². The van der Waals surface area contributed by atoms with Crippen molar-refractivity contribution in [1.82, 2.24) is 14.9 Å².